The van der Waals surface area contributed by atoms with Crippen LogP contribution in [0.25, 0.3) is 0 Å². The average Bonchev–Trinajstić information content (AvgIpc) is 2.84. The minimum atomic E-state index is -0.512. The van der Waals surface area contributed by atoms with Crippen LogP contribution in [0.4, 0.5) is 0 Å². The van der Waals surface area contributed by atoms with Crippen LogP contribution in [0.3, 0.4) is 0 Å². The van der Waals surface area contributed by atoms with Crippen molar-refractivity contribution in [3.05, 3.63) is 89.0 Å². The van der Waals surface area contributed by atoms with Gasteiger partial charge in [0.05, 0.1) is 25.5 Å². The number of hydrogen-bond acceptors (Lipinski definition) is 6. The number of amides is 1. The first-order chi connectivity index (χ1) is 16.0. The van der Waals surface area contributed by atoms with Crippen LogP contribution in [-0.4, -0.2) is 31.8 Å². The van der Waals surface area contributed by atoms with E-state index in [1.807, 2.05) is 26.0 Å². The van der Waals surface area contributed by atoms with Gasteiger partial charge in [-0.1, -0.05) is 24.6 Å². The van der Waals surface area contributed by atoms with E-state index in [1.165, 1.54) is 13.3 Å². The summed E-state index contributed by atoms with van der Waals surface area (Å²) in [4.78, 5) is 24.6. The van der Waals surface area contributed by atoms with Crippen LogP contribution in [0.15, 0.2) is 71.8 Å². The van der Waals surface area contributed by atoms with Crippen molar-refractivity contribution in [1.29, 1.82) is 0 Å². The van der Waals surface area contributed by atoms with Crippen LogP contribution in [0.1, 0.15) is 45.2 Å². The van der Waals surface area contributed by atoms with E-state index >= 15 is 0 Å². The van der Waals surface area contributed by atoms with Crippen LogP contribution in [-0.2, 0) is 0 Å². The third kappa shape index (κ3) is 6.67. The molecule has 7 nitrogen and oxygen atoms in total. The van der Waals surface area contributed by atoms with E-state index in [-0.39, 0.29) is 11.7 Å². The van der Waals surface area contributed by atoms with Crippen LogP contribution in [0.2, 0.25) is 0 Å². The minimum absolute atomic E-state index is 0.273. The Morgan fingerprint density at radius 2 is 1.64 bits per heavy atom. The van der Waals surface area contributed by atoms with E-state index in [1.54, 1.807) is 54.6 Å². The molecule has 0 radical (unpaired) electrons. The molecule has 0 unspecified atom stereocenters. The van der Waals surface area contributed by atoms with Gasteiger partial charge in [-0.25, -0.2) is 10.2 Å². The molecule has 0 heterocycles. The molecule has 1 N–H and O–H groups in total. The lowest BCUT2D eigenvalue weighted by atomic mass is 10.1. The highest BCUT2D eigenvalue weighted by molar-refractivity contribution is 5.95. The number of benzene rings is 3. The van der Waals surface area contributed by atoms with Crippen molar-refractivity contribution in [2.45, 2.75) is 20.3 Å². The van der Waals surface area contributed by atoms with Gasteiger partial charge in [-0.3, -0.25) is 4.79 Å². The third-order valence-electron chi connectivity index (χ3n) is 4.65. The quantitative estimate of drug-likeness (QED) is 0.221. The van der Waals surface area contributed by atoms with Gasteiger partial charge in [-0.15, -0.1) is 0 Å². The number of carbonyl (C=O) groups excluding carboxylic acids is 2. The molecule has 0 aliphatic rings. The SMILES string of the molecule is CCCOc1ccc(C(=O)Oc2ccc(/C=N/NC(=O)c3ccc(C)cc3)cc2OC)cc1. The number of nitrogens with zero attached hydrogens (tertiary/aromatic N) is 1. The van der Waals surface area contributed by atoms with E-state index in [0.717, 1.165) is 12.0 Å². The summed E-state index contributed by atoms with van der Waals surface area (Å²) in [6.45, 7) is 4.59. The molecule has 1 amide bonds. The molecular formula is C26H26N2O5. The molecule has 170 valence electrons. The molecule has 0 bridgehead atoms. The Bertz CT molecular complexity index is 1120. The molecule has 3 aromatic rings. The zero-order valence-corrected chi connectivity index (χ0v) is 18.8. The number of carbonyl (C=O) groups is 2. The van der Waals surface area contributed by atoms with Gasteiger partial charge in [0.2, 0.25) is 0 Å². The van der Waals surface area contributed by atoms with Crippen molar-refractivity contribution in [2.24, 2.45) is 5.10 Å². The lowest BCUT2D eigenvalue weighted by Crippen LogP contribution is -2.17. The third-order valence-corrected chi connectivity index (χ3v) is 4.65. The van der Waals surface area contributed by atoms with Gasteiger partial charge in [-0.2, -0.15) is 5.10 Å². The lowest BCUT2D eigenvalue weighted by Gasteiger charge is -2.10. The zero-order chi connectivity index (χ0) is 23.6. The second-order valence-corrected chi connectivity index (χ2v) is 7.24. The molecule has 0 aliphatic carbocycles. The van der Waals surface area contributed by atoms with Crippen molar-refractivity contribution in [1.82, 2.24) is 5.43 Å². The predicted octanol–water partition coefficient (Wildman–Crippen LogP) is 4.78. The average molecular weight is 447 g/mol. The minimum Gasteiger partial charge on any atom is -0.494 e. The first-order valence-electron chi connectivity index (χ1n) is 10.5. The number of hydrazone groups is 1. The zero-order valence-electron chi connectivity index (χ0n) is 18.8. The molecule has 7 heteroatoms. The van der Waals surface area contributed by atoms with Gasteiger partial charge in [0, 0.05) is 5.56 Å². The molecule has 0 fully saturated rings. The van der Waals surface area contributed by atoms with E-state index in [4.69, 9.17) is 14.2 Å². The summed E-state index contributed by atoms with van der Waals surface area (Å²) >= 11 is 0. The predicted molar refractivity (Wildman–Crippen MR) is 126 cm³/mol. The fourth-order valence-electron chi connectivity index (χ4n) is 2.85. The molecule has 0 spiro atoms. The topological polar surface area (TPSA) is 86.2 Å². The second kappa shape index (κ2) is 11.5. The Morgan fingerprint density at radius 3 is 2.30 bits per heavy atom. The summed E-state index contributed by atoms with van der Waals surface area (Å²) in [5.41, 5.74) is 5.12. The molecule has 0 aliphatic heterocycles. The molecule has 3 rings (SSSR count). The maximum Gasteiger partial charge on any atom is 0.343 e. The summed E-state index contributed by atoms with van der Waals surface area (Å²) in [6, 6.07) is 18.9. The van der Waals surface area contributed by atoms with Crippen molar-refractivity contribution < 1.29 is 23.8 Å². The molecule has 33 heavy (non-hydrogen) atoms. The van der Waals surface area contributed by atoms with Crippen LogP contribution in [0, 0.1) is 6.92 Å². The highest BCUT2D eigenvalue weighted by Crippen LogP contribution is 2.28. The fraction of sp³-hybridized carbons (Fsp3) is 0.192. The number of rotatable bonds is 9. The summed E-state index contributed by atoms with van der Waals surface area (Å²) in [6.07, 6.45) is 2.39. The highest BCUT2D eigenvalue weighted by Gasteiger charge is 2.13. The van der Waals surface area contributed by atoms with Gasteiger partial charge < -0.3 is 14.2 Å². The Morgan fingerprint density at radius 1 is 0.939 bits per heavy atom. The van der Waals surface area contributed by atoms with Crippen molar-refractivity contribution in [2.75, 3.05) is 13.7 Å². The first kappa shape index (κ1) is 23.5. The Labute approximate surface area is 193 Å². The maximum atomic E-state index is 12.5. The number of aryl methyl sites for hydroxylation is 1. The smallest absolute Gasteiger partial charge is 0.343 e. The Kier molecular flexibility index (Phi) is 8.18. The number of hydrogen-bond donors (Lipinski definition) is 1. The maximum absolute atomic E-state index is 12.5. The summed E-state index contributed by atoms with van der Waals surface area (Å²) in [5, 5.41) is 3.98. The molecule has 0 atom stereocenters. The fourth-order valence-corrected chi connectivity index (χ4v) is 2.85. The molecule has 0 saturated carbocycles. The Hall–Kier alpha value is -4.13. The van der Waals surface area contributed by atoms with Gasteiger partial charge in [0.25, 0.3) is 5.91 Å². The van der Waals surface area contributed by atoms with Gasteiger partial charge >= 0.3 is 5.97 Å². The second-order valence-electron chi connectivity index (χ2n) is 7.24. The van der Waals surface area contributed by atoms with Crippen LogP contribution in [0.5, 0.6) is 17.2 Å². The number of nitrogens with one attached hydrogen (secondary N) is 1. The summed E-state index contributed by atoms with van der Waals surface area (Å²) in [7, 11) is 1.48. The molecule has 3 aromatic carbocycles. The normalized spacial score (nSPS) is 10.6. The molecular weight excluding hydrogens is 420 g/mol. The highest BCUT2D eigenvalue weighted by atomic mass is 16.6. The largest absolute Gasteiger partial charge is 0.494 e. The van der Waals surface area contributed by atoms with Crippen LogP contribution >= 0.6 is 0 Å². The van der Waals surface area contributed by atoms with Crippen molar-refractivity contribution in [3.63, 3.8) is 0 Å². The van der Waals surface area contributed by atoms with E-state index in [0.29, 0.717) is 34.8 Å². The van der Waals surface area contributed by atoms with E-state index in [9.17, 15) is 9.59 Å². The summed E-state index contributed by atoms with van der Waals surface area (Å²) in [5.74, 6) is 0.510. The monoisotopic (exact) mass is 446 g/mol. The van der Waals surface area contributed by atoms with Gasteiger partial charge in [0.1, 0.15) is 5.75 Å². The van der Waals surface area contributed by atoms with E-state index in [2.05, 4.69) is 10.5 Å². The first-order valence-corrected chi connectivity index (χ1v) is 10.5. The molecule has 0 aromatic heterocycles. The molecule has 0 saturated heterocycles. The van der Waals surface area contributed by atoms with E-state index < -0.39 is 5.97 Å². The van der Waals surface area contributed by atoms with Crippen molar-refractivity contribution in [3.8, 4) is 17.2 Å². The van der Waals surface area contributed by atoms with Crippen LogP contribution < -0.4 is 19.6 Å². The number of esters is 1. The lowest BCUT2D eigenvalue weighted by molar-refractivity contribution is 0.0729. The Balaban J connectivity index is 1.62. The van der Waals surface area contributed by atoms with Gasteiger partial charge in [0.15, 0.2) is 11.5 Å². The standard InChI is InChI=1S/C26H26N2O5/c1-4-15-32-22-12-10-21(11-13-22)26(30)33-23-14-7-19(16-24(23)31-3)17-27-28-25(29)20-8-5-18(2)6-9-20/h5-14,16-17H,4,15H2,1-3H3,(H,28,29)/b27-17+. The van der Waals surface area contributed by atoms with Crippen molar-refractivity contribution >= 4 is 18.1 Å². The van der Waals surface area contributed by atoms with Gasteiger partial charge in [-0.05, 0) is 73.5 Å². The number of methoxy groups -OCH3 is 1. The number of ether oxygens (including phenoxy) is 3. The summed E-state index contributed by atoms with van der Waals surface area (Å²) < 4.78 is 16.4.